The predicted octanol–water partition coefficient (Wildman–Crippen LogP) is 5.18. The average Bonchev–Trinajstić information content (AvgIpc) is 2.64. The SMILES string of the molecule is CC(O[Si](C)(C)C)[P+](c1ccccc1)(c1ccccc1)c1ccccc1. The highest BCUT2D eigenvalue weighted by molar-refractivity contribution is 7.96. The van der Waals surface area contributed by atoms with E-state index in [4.69, 9.17) is 4.43 Å². The van der Waals surface area contributed by atoms with Crippen LogP contribution in [-0.2, 0) is 4.43 Å². The molecule has 134 valence electrons. The van der Waals surface area contributed by atoms with Gasteiger partial charge in [-0.3, -0.25) is 0 Å². The second-order valence-electron chi connectivity index (χ2n) is 7.56. The molecule has 3 rings (SSSR count). The molecule has 0 spiro atoms. The van der Waals surface area contributed by atoms with Crippen LogP contribution < -0.4 is 15.9 Å². The number of hydrogen-bond donors (Lipinski definition) is 0. The van der Waals surface area contributed by atoms with Gasteiger partial charge < -0.3 is 4.43 Å². The lowest BCUT2D eigenvalue weighted by atomic mass is 10.4. The molecule has 0 saturated carbocycles. The van der Waals surface area contributed by atoms with Crippen LogP contribution in [0.25, 0.3) is 0 Å². The van der Waals surface area contributed by atoms with E-state index in [1.165, 1.54) is 15.9 Å². The molecule has 0 bridgehead atoms. The Hall–Kier alpha value is -1.73. The van der Waals surface area contributed by atoms with Gasteiger partial charge in [0, 0.05) is 0 Å². The van der Waals surface area contributed by atoms with E-state index in [9.17, 15) is 0 Å². The molecule has 0 fully saturated rings. The molecule has 0 aliphatic heterocycles. The number of rotatable bonds is 6. The van der Waals surface area contributed by atoms with Crippen molar-refractivity contribution in [1.82, 2.24) is 0 Å². The topological polar surface area (TPSA) is 9.23 Å². The summed E-state index contributed by atoms with van der Waals surface area (Å²) in [7, 11) is -3.63. The maximum absolute atomic E-state index is 6.75. The molecular weight excluding hydrogens is 351 g/mol. The van der Waals surface area contributed by atoms with Gasteiger partial charge in [0.25, 0.3) is 0 Å². The first-order chi connectivity index (χ1) is 12.4. The lowest BCUT2D eigenvalue weighted by molar-refractivity contribution is 0.295. The fraction of sp³-hybridized carbons (Fsp3) is 0.217. The third-order valence-corrected chi connectivity index (χ3v) is 10.4. The molecule has 0 saturated heterocycles. The summed E-state index contributed by atoms with van der Waals surface area (Å²) in [6, 6.07) is 32.8. The van der Waals surface area contributed by atoms with Crippen molar-refractivity contribution in [3.63, 3.8) is 0 Å². The standard InChI is InChI=1S/C23H28OPSi/c1-20(24-26(2,3)4)25(21-14-8-5-9-15-21,22-16-10-6-11-17-22)23-18-12-7-13-19-23/h5-20H,1-4H3/q+1. The largest absolute Gasteiger partial charge is 0.384 e. The van der Waals surface area contributed by atoms with Gasteiger partial charge in [0.15, 0.2) is 14.2 Å². The Morgan fingerprint density at radius 3 is 1.19 bits per heavy atom. The Morgan fingerprint density at radius 1 is 0.615 bits per heavy atom. The lowest BCUT2D eigenvalue weighted by Crippen LogP contribution is -2.42. The molecule has 1 nitrogen and oxygen atoms in total. The van der Waals surface area contributed by atoms with E-state index < -0.39 is 15.6 Å². The van der Waals surface area contributed by atoms with Crippen LogP contribution in [0.4, 0.5) is 0 Å². The van der Waals surface area contributed by atoms with Crippen LogP contribution in [0.3, 0.4) is 0 Å². The van der Waals surface area contributed by atoms with Gasteiger partial charge >= 0.3 is 0 Å². The van der Waals surface area contributed by atoms with Gasteiger partial charge in [0.2, 0.25) is 0 Å². The highest BCUT2D eigenvalue weighted by Crippen LogP contribution is 2.60. The monoisotopic (exact) mass is 379 g/mol. The van der Waals surface area contributed by atoms with Crippen LogP contribution >= 0.6 is 7.26 Å². The third-order valence-electron chi connectivity index (χ3n) is 4.56. The third kappa shape index (κ3) is 3.83. The molecule has 0 aliphatic rings. The average molecular weight is 380 g/mol. The first kappa shape index (κ1) is 19.0. The molecule has 1 unspecified atom stereocenters. The smallest absolute Gasteiger partial charge is 0.188 e. The van der Waals surface area contributed by atoms with E-state index in [1.54, 1.807) is 0 Å². The van der Waals surface area contributed by atoms with Gasteiger partial charge in [-0.05, 0) is 63.0 Å². The quantitative estimate of drug-likeness (QED) is 0.424. The molecule has 0 amide bonds. The first-order valence-corrected chi connectivity index (χ1v) is 14.4. The summed E-state index contributed by atoms with van der Waals surface area (Å²) in [6.07, 6.45) is 0. The maximum atomic E-state index is 6.75. The van der Waals surface area contributed by atoms with E-state index in [-0.39, 0.29) is 5.85 Å². The Bertz CT molecular complexity index is 716. The molecule has 0 aliphatic carbocycles. The van der Waals surface area contributed by atoms with E-state index in [0.29, 0.717) is 0 Å². The Morgan fingerprint density at radius 2 is 0.923 bits per heavy atom. The first-order valence-electron chi connectivity index (χ1n) is 9.18. The molecule has 3 aromatic rings. The molecule has 0 heterocycles. The molecule has 3 heteroatoms. The summed E-state index contributed by atoms with van der Waals surface area (Å²) < 4.78 is 6.75. The lowest BCUT2D eigenvalue weighted by Gasteiger charge is -2.35. The van der Waals surface area contributed by atoms with Crippen LogP contribution in [-0.4, -0.2) is 14.2 Å². The van der Waals surface area contributed by atoms with E-state index >= 15 is 0 Å². The Labute approximate surface area is 159 Å². The van der Waals surface area contributed by atoms with Crippen molar-refractivity contribution >= 4 is 31.5 Å². The summed E-state index contributed by atoms with van der Waals surface area (Å²) in [5, 5.41) is 4.13. The second kappa shape index (κ2) is 7.88. The van der Waals surface area contributed by atoms with Crippen molar-refractivity contribution in [3.8, 4) is 0 Å². The van der Waals surface area contributed by atoms with Gasteiger partial charge in [-0.25, -0.2) is 0 Å². The van der Waals surface area contributed by atoms with E-state index in [2.05, 4.69) is 118 Å². The molecular formula is C23H28OPSi+. The van der Waals surface area contributed by atoms with Crippen molar-refractivity contribution < 1.29 is 4.43 Å². The van der Waals surface area contributed by atoms with Crippen LogP contribution in [0.5, 0.6) is 0 Å². The van der Waals surface area contributed by atoms with Gasteiger partial charge in [0.1, 0.15) is 23.2 Å². The fourth-order valence-corrected chi connectivity index (χ4v) is 10.3. The van der Waals surface area contributed by atoms with Crippen molar-refractivity contribution in [2.24, 2.45) is 0 Å². The van der Waals surface area contributed by atoms with Crippen molar-refractivity contribution in [2.45, 2.75) is 32.4 Å². The summed E-state index contributed by atoms with van der Waals surface area (Å²) in [6.45, 7) is 9.11. The van der Waals surface area contributed by atoms with Crippen LogP contribution in [0.2, 0.25) is 19.6 Å². The fourth-order valence-electron chi connectivity index (χ4n) is 3.66. The van der Waals surface area contributed by atoms with Gasteiger partial charge in [-0.1, -0.05) is 54.6 Å². The maximum Gasteiger partial charge on any atom is 0.188 e. The zero-order valence-electron chi connectivity index (χ0n) is 16.1. The minimum absolute atomic E-state index is 0.126. The molecule has 0 aromatic heterocycles. The summed E-state index contributed by atoms with van der Waals surface area (Å²) >= 11 is 0. The van der Waals surface area contributed by atoms with Crippen LogP contribution in [0.15, 0.2) is 91.0 Å². The summed E-state index contributed by atoms with van der Waals surface area (Å²) in [5.41, 5.74) is 0. The zero-order valence-corrected chi connectivity index (χ0v) is 18.0. The Balaban J connectivity index is 2.32. The molecule has 1 atom stereocenters. The van der Waals surface area contributed by atoms with Crippen molar-refractivity contribution in [3.05, 3.63) is 91.0 Å². The van der Waals surface area contributed by atoms with Crippen LogP contribution in [0, 0.1) is 0 Å². The van der Waals surface area contributed by atoms with Crippen molar-refractivity contribution in [1.29, 1.82) is 0 Å². The van der Waals surface area contributed by atoms with Gasteiger partial charge in [-0.2, -0.15) is 0 Å². The van der Waals surface area contributed by atoms with E-state index in [1.807, 2.05) is 0 Å². The zero-order chi connectivity index (χ0) is 18.6. The number of benzene rings is 3. The normalized spacial score (nSPS) is 13.4. The number of hydrogen-bond acceptors (Lipinski definition) is 1. The molecule has 3 aromatic carbocycles. The van der Waals surface area contributed by atoms with Crippen LogP contribution in [0.1, 0.15) is 6.92 Å². The van der Waals surface area contributed by atoms with E-state index in [0.717, 1.165) is 0 Å². The highest BCUT2D eigenvalue weighted by atomic mass is 31.2. The summed E-state index contributed by atoms with van der Waals surface area (Å²) in [5.74, 6) is 0.126. The van der Waals surface area contributed by atoms with Crippen molar-refractivity contribution in [2.75, 3.05) is 0 Å². The molecule has 26 heavy (non-hydrogen) atoms. The minimum atomic E-state index is -1.93. The second-order valence-corrected chi connectivity index (χ2v) is 15.7. The highest BCUT2D eigenvalue weighted by Gasteiger charge is 2.52. The Kier molecular flexibility index (Phi) is 5.77. The summed E-state index contributed by atoms with van der Waals surface area (Å²) in [4.78, 5) is 0. The molecule has 0 N–H and O–H groups in total. The predicted molar refractivity (Wildman–Crippen MR) is 119 cm³/mol. The van der Waals surface area contributed by atoms with Gasteiger partial charge in [0.05, 0.1) is 0 Å². The molecule has 0 radical (unpaired) electrons. The van der Waals surface area contributed by atoms with Gasteiger partial charge in [-0.15, -0.1) is 0 Å². The minimum Gasteiger partial charge on any atom is -0.384 e.